The average Bonchev–Trinajstić information content (AvgIpc) is 2.20. The number of hydrogen-bond donors (Lipinski definition) is 1. The van der Waals surface area contributed by atoms with E-state index in [1.165, 1.54) is 0 Å². The van der Waals surface area contributed by atoms with Crippen molar-refractivity contribution in [1.29, 1.82) is 0 Å². The Balaban J connectivity index is 2.23. The topological polar surface area (TPSA) is 42.4 Å². The first kappa shape index (κ1) is 11.1. The van der Waals surface area contributed by atoms with Crippen molar-refractivity contribution < 1.29 is 9.84 Å². The van der Waals surface area contributed by atoms with Crippen LogP contribution >= 0.6 is 0 Å². The van der Waals surface area contributed by atoms with Crippen molar-refractivity contribution in [2.75, 3.05) is 13.2 Å². The van der Waals surface area contributed by atoms with Crippen molar-refractivity contribution in [3.05, 3.63) is 30.1 Å². The summed E-state index contributed by atoms with van der Waals surface area (Å²) in [6.45, 7) is 3.17. The lowest BCUT2D eigenvalue weighted by atomic mass is 10.1. The van der Waals surface area contributed by atoms with Gasteiger partial charge in [-0.2, -0.15) is 0 Å². The van der Waals surface area contributed by atoms with E-state index in [1.54, 1.807) is 12.4 Å². The SMILES string of the molecule is CCCOCC(O)Cc1cccnc1. The molecule has 0 aliphatic rings. The van der Waals surface area contributed by atoms with Crippen molar-refractivity contribution in [2.24, 2.45) is 0 Å². The lowest BCUT2D eigenvalue weighted by Crippen LogP contribution is -2.18. The summed E-state index contributed by atoms with van der Waals surface area (Å²) < 4.78 is 5.25. The van der Waals surface area contributed by atoms with Gasteiger partial charge in [0.15, 0.2) is 0 Å². The first-order chi connectivity index (χ1) is 6.83. The van der Waals surface area contributed by atoms with E-state index in [9.17, 15) is 5.11 Å². The highest BCUT2D eigenvalue weighted by Gasteiger charge is 2.04. The first-order valence-electron chi connectivity index (χ1n) is 4.97. The predicted octanol–water partition coefficient (Wildman–Crippen LogP) is 1.41. The van der Waals surface area contributed by atoms with E-state index in [-0.39, 0.29) is 0 Å². The smallest absolute Gasteiger partial charge is 0.0814 e. The van der Waals surface area contributed by atoms with Crippen molar-refractivity contribution in [3.63, 3.8) is 0 Å². The maximum absolute atomic E-state index is 9.58. The summed E-state index contributed by atoms with van der Waals surface area (Å²) in [4.78, 5) is 3.98. The molecule has 0 aromatic carbocycles. The standard InChI is InChI=1S/C11H17NO2/c1-2-6-14-9-11(13)7-10-4-3-5-12-8-10/h3-5,8,11,13H,2,6-7,9H2,1H3. The summed E-state index contributed by atoms with van der Waals surface area (Å²) in [7, 11) is 0. The van der Waals surface area contributed by atoms with Crippen LogP contribution in [0.15, 0.2) is 24.5 Å². The Labute approximate surface area is 84.7 Å². The quantitative estimate of drug-likeness (QED) is 0.698. The number of pyridine rings is 1. The molecule has 1 aromatic rings. The van der Waals surface area contributed by atoms with E-state index < -0.39 is 6.10 Å². The molecule has 0 spiro atoms. The molecule has 0 saturated heterocycles. The van der Waals surface area contributed by atoms with E-state index in [1.807, 2.05) is 19.1 Å². The van der Waals surface area contributed by atoms with E-state index in [0.717, 1.165) is 12.0 Å². The van der Waals surface area contributed by atoms with E-state index in [2.05, 4.69) is 4.98 Å². The summed E-state index contributed by atoms with van der Waals surface area (Å²) in [5.74, 6) is 0. The van der Waals surface area contributed by atoms with Gasteiger partial charge in [0, 0.05) is 25.4 Å². The molecule has 0 aliphatic heterocycles. The lowest BCUT2D eigenvalue weighted by Gasteiger charge is -2.10. The maximum atomic E-state index is 9.58. The van der Waals surface area contributed by atoms with Crippen molar-refractivity contribution >= 4 is 0 Å². The summed E-state index contributed by atoms with van der Waals surface area (Å²) in [5.41, 5.74) is 1.04. The molecule has 1 atom stereocenters. The number of nitrogens with zero attached hydrogens (tertiary/aromatic N) is 1. The second-order valence-electron chi connectivity index (χ2n) is 3.29. The molecule has 1 aromatic heterocycles. The van der Waals surface area contributed by atoms with Crippen LogP contribution in [0.25, 0.3) is 0 Å². The molecule has 0 amide bonds. The number of aromatic nitrogens is 1. The van der Waals surface area contributed by atoms with Crippen molar-refractivity contribution in [3.8, 4) is 0 Å². The Morgan fingerprint density at radius 2 is 2.43 bits per heavy atom. The molecule has 78 valence electrons. The number of aliphatic hydroxyl groups excluding tert-OH is 1. The maximum Gasteiger partial charge on any atom is 0.0814 e. The highest BCUT2D eigenvalue weighted by Crippen LogP contribution is 2.01. The molecule has 3 heteroatoms. The number of rotatable bonds is 6. The number of ether oxygens (including phenoxy) is 1. The highest BCUT2D eigenvalue weighted by atomic mass is 16.5. The van der Waals surface area contributed by atoms with Gasteiger partial charge in [-0.05, 0) is 18.1 Å². The molecule has 0 saturated carbocycles. The van der Waals surface area contributed by atoms with E-state index in [0.29, 0.717) is 19.6 Å². The number of aliphatic hydroxyl groups is 1. The zero-order valence-electron chi connectivity index (χ0n) is 8.52. The number of hydrogen-bond acceptors (Lipinski definition) is 3. The van der Waals surface area contributed by atoms with E-state index >= 15 is 0 Å². The van der Waals surface area contributed by atoms with Crippen LogP contribution in [0, 0.1) is 0 Å². The minimum absolute atomic E-state index is 0.405. The molecule has 0 radical (unpaired) electrons. The minimum atomic E-state index is -0.425. The second-order valence-corrected chi connectivity index (χ2v) is 3.29. The van der Waals surface area contributed by atoms with Gasteiger partial charge in [0.25, 0.3) is 0 Å². The third-order valence-corrected chi connectivity index (χ3v) is 1.85. The zero-order chi connectivity index (χ0) is 10.2. The summed E-state index contributed by atoms with van der Waals surface area (Å²) in [6.07, 6.45) is 4.66. The molecular formula is C11H17NO2. The fourth-order valence-electron chi connectivity index (χ4n) is 1.21. The zero-order valence-corrected chi connectivity index (χ0v) is 8.52. The van der Waals surface area contributed by atoms with Crippen molar-refractivity contribution in [2.45, 2.75) is 25.9 Å². The highest BCUT2D eigenvalue weighted by molar-refractivity contribution is 5.09. The molecule has 0 aliphatic carbocycles. The fraction of sp³-hybridized carbons (Fsp3) is 0.545. The summed E-state index contributed by atoms with van der Waals surface area (Å²) in [5, 5.41) is 9.58. The Hall–Kier alpha value is -0.930. The van der Waals surface area contributed by atoms with Crippen LogP contribution < -0.4 is 0 Å². The third kappa shape index (κ3) is 4.35. The van der Waals surface area contributed by atoms with Crippen molar-refractivity contribution in [1.82, 2.24) is 4.98 Å². The second kappa shape index (κ2) is 6.51. The molecular weight excluding hydrogens is 178 g/mol. The third-order valence-electron chi connectivity index (χ3n) is 1.85. The molecule has 0 fully saturated rings. The van der Waals surface area contributed by atoms with Gasteiger partial charge < -0.3 is 9.84 Å². The first-order valence-corrected chi connectivity index (χ1v) is 4.97. The average molecular weight is 195 g/mol. The predicted molar refractivity (Wildman–Crippen MR) is 55.1 cm³/mol. The summed E-state index contributed by atoms with van der Waals surface area (Å²) in [6, 6.07) is 3.82. The van der Waals surface area contributed by atoms with Crippen LogP contribution in [-0.4, -0.2) is 29.4 Å². The minimum Gasteiger partial charge on any atom is -0.390 e. The largest absolute Gasteiger partial charge is 0.390 e. The molecule has 1 heterocycles. The molecule has 1 N–H and O–H groups in total. The van der Waals surface area contributed by atoms with E-state index in [4.69, 9.17) is 4.74 Å². The van der Waals surface area contributed by atoms with Gasteiger partial charge in [-0.1, -0.05) is 13.0 Å². The van der Waals surface area contributed by atoms with Gasteiger partial charge in [-0.15, -0.1) is 0 Å². The van der Waals surface area contributed by atoms with Gasteiger partial charge in [0.05, 0.1) is 12.7 Å². The van der Waals surface area contributed by atoms with Crippen LogP contribution in [0.4, 0.5) is 0 Å². The Bertz CT molecular complexity index is 238. The molecule has 1 unspecified atom stereocenters. The molecule has 3 nitrogen and oxygen atoms in total. The van der Waals surface area contributed by atoms with Gasteiger partial charge in [-0.25, -0.2) is 0 Å². The normalized spacial score (nSPS) is 12.7. The molecule has 1 rings (SSSR count). The van der Waals surface area contributed by atoms with Gasteiger partial charge in [0.1, 0.15) is 0 Å². The van der Waals surface area contributed by atoms with Crippen LogP contribution in [0.5, 0.6) is 0 Å². The van der Waals surface area contributed by atoms with Crippen LogP contribution in [-0.2, 0) is 11.2 Å². The molecule has 14 heavy (non-hydrogen) atoms. The Morgan fingerprint density at radius 3 is 3.07 bits per heavy atom. The molecule has 0 bridgehead atoms. The Morgan fingerprint density at radius 1 is 1.57 bits per heavy atom. The van der Waals surface area contributed by atoms with Crippen LogP contribution in [0.3, 0.4) is 0 Å². The van der Waals surface area contributed by atoms with Gasteiger partial charge in [0.2, 0.25) is 0 Å². The van der Waals surface area contributed by atoms with Gasteiger partial charge in [-0.3, -0.25) is 4.98 Å². The fourth-order valence-corrected chi connectivity index (χ4v) is 1.21. The van der Waals surface area contributed by atoms with Crippen LogP contribution in [0.2, 0.25) is 0 Å². The monoisotopic (exact) mass is 195 g/mol. The summed E-state index contributed by atoms with van der Waals surface area (Å²) >= 11 is 0. The van der Waals surface area contributed by atoms with Gasteiger partial charge >= 0.3 is 0 Å². The van der Waals surface area contributed by atoms with Crippen LogP contribution in [0.1, 0.15) is 18.9 Å². The Kier molecular flexibility index (Phi) is 5.19. The lowest BCUT2D eigenvalue weighted by molar-refractivity contribution is 0.0374.